The molecule has 0 fully saturated rings. The van der Waals surface area contributed by atoms with Crippen molar-refractivity contribution in [2.24, 2.45) is 4.99 Å². The van der Waals surface area contributed by atoms with Gasteiger partial charge in [0.1, 0.15) is 5.75 Å². The first-order chi connectivity index (χ1) is 12.7. The van der Waals surface area contributed by atoms with Crippen LogP contribution in [0.1, 0.15) is 29.7 Å². The van der Waals surface area contributed by atoms with Gasteiger partial charge in [-0.2, -0.15) is 0 Å². The van der Waals surface area contributed by atoms with Gasteiger partial charge >= 0.3 is 0 Å². The number of para-hydroxylation sites is 1. The maximum atomic E-state index is 5.74. The second-order valence-corrected chi connectivity index (χ2v) is 6.09. The fourth-order valence-corrected chi connectivity index (χ4v) is 2.80. The molecule has 0 spiro atoms. The van der Waals surface area contributed by atoms with E-state index in [0.29, 0.717) is 19.8 Å². The average Bonchev–Trinajstić information content (AvgIpc) is 2.67. The van der Waals surface area contributed by atoms with E-state index >= 15 is 0 Å². The van der Waals surface area contributed by atoms with Crippen molar-refractivity contribution in [1.82, 2.24) is 10.6 Å². The lowest BCUT2D eigenvalue weighted by molar-refractivity contribution is 0.123. The van der Waals surface area contributed by atoms with Crippen molar-refractivity contribution in [2.45, 2.75) is 26.5 Å². The van der Waals surface area contributed by atoms with Gasteiger partial charge in [-0.05, 0) is 31.0 Å². The standard InChI is InChI=1S/C21H29N3O2.HI/c1-16-9-5-7-11-19(16)17(2)24-21(22-3)23-13-14-26-15-18-10-6-8-12-20(18)25-4;/h5-12,17H,13-15H2,1-4H3,(H2,22,23,24);1H. The Morgan fingerprint density at radius 3 is 2.52 bits per heavy atom. The Morgan fingerprint density at radius 1 is 1.11 bits per heavy atom. The zero-order chi connectivity index (χ0) is 18.8. The number of ether oxygens (including phenoxy) is 2. The van der Waals surface area contributed by atoms with Crippen LogP contribution in [0.3, 0.4) is 0 Å². The first-order valence-electron chi connectivity index (χ1n) is 8.88. The number of aryl methyl sites for hydroxylation is 1. The van der Waals surface area contributed by atoms with Crippen LogP contribution in [0.4, 0.5) is 0 Å². The van der Waals surface area contributed by atoms with Gasteiger partial charge in [0.15, 0.2) is 5.96 Å². The van der Waals surface area contributed by atoms with E-state index in [9.17, 15) is 0 Å². The molecule has 0 heterocycles. The Hall–Kier alpha value is -1.80. The van der Waals surface area contributed by atoms with Crippen molar-refractivity contribution in [3.8, 4) is 5.75 Å². The molecule has 0 radical (unpaired) electrons. The fourth-order valence-electron chi connectivity index (χ4n) is 2.80. The molecule has 1 atom stereocenters. The zero-order valence-electron chi connectivity index (χ0n) is 16.5. The fraction of sp³-hybridized carbons (Fsp3) is 0.381. The molecule has 6 heteroatoms. The van der Waals surface area contributed by atoms with Crippen LogP contribution in [-0.2, 0) is 11.3 Å². The number of hydrogen-bond donors (Lipinski definition) is 2. The highest BCUT2D eigenvalue weighted by atomic mass is 127. The number of rotatable bonds is 8. The molecule has 2 aromatic rings. The van der Waals surface area contributed by atoms with Crippen molar-refractivity contribution in [2.75, 3.05) is 27.3 Å². The third kappa shape index (κ3) is 7.38. The highest BCUT2D eigenvalue weighted by Gasteiger charge is 2.09. The maximum absolute atomic E-state index is 5.74. The van der Waals surface area contributed by atoms with Crippen LogP contribution < -0.4 is 15.4 Å². The highest BCUT2D eigenvalue weighted by Crippen LogP contribution is 2.18. The van der Waals surface area contributed by atoms with Gasteiger partial charge in [0, 0.05) is 19.2 Å². The molecule has 5 nitrogen and oxygen atoms in total. The first-order valence-corrected chi connectivity index (χ1v) is 8.88. The van der Waals surface area contributed by atoms with Crippen LogP contribution >= 0.6 is 24.0 Å². The normalized spacial score (nSPS) is 12.1. The smallest absolute Gasteiger partial charge is 0.191 e. The molecule has 2 N–H and O–H groups in total. The van der Waals surface area contributed by atoms with Gasteiger partial charge in [-0.1, -0.05) is 42.5 Å². The van der Waals surface area contributed by atoms with E-state index < -0.39 is 0 Å². The minimum atomic E-state index is 0. The van der Waals surface area contributed by atoms with E-state index in [-0.39, 0.29) is 30.0 Å². The van der Waals surface area contributed by atoms with Crippen LogP contribution in [0.25, 0.3) is 0 Å². The molecular formula is C21H30IN3O2. The minimum Gasteiger partial charge on any atom is -0.496 e. The van der Waals surface area contributed by atoms with Crippen molar-refractivity contribution in [1.29, 1.82) is 0 Å². The second-order valence-electron chi connectivity index (χ2n) is 6.09. The average molecular weight is 483 g/mol. The van der Waals surface area contributed by atoms with Crippen molar-refractivity contribution in [3.63, 3.8) is 0 Å². The number of nitrogens with one attached hydrogen (secondary N) is 2. The number of nitrogens with zero attached hydrogens (tertiary/aromatic N) is 1. The van der Waals surface area contributed by atoms with Crippen molar-refractivity contribution < 1.29 is 9.47 Å². The summed E-state index contributed by atoms with van der Waals surface area (Å²) in [6.07, 6.45) is 0. The topological polar surface area (TPSA) is 54.9 Å². The molecule has 2 aromatic carbocycles. The summed E-state index contributed by atoms with van der Waals surface area (Å²) in [5, 5.41) is 6.70. The van der Waals surface area contributed by atoms with Crippen molar-refractivity contribution in [3.05, 3.63) is 65.2 Å². The van der Waals surface area contributed by atoms with Gasteiger partial charge in [-0.3, -0.25) is 4.99 Å². The van der Waals surface area contributed by atoms with E-state index in [4.69, 9.17) is 9.47 Å². The van der Waals surface area contributed by atoms with Crippen LogP contribution in [0.15, 0.2) is 53.5 Å². The molecule has 0 aliphatic heterocycles. The molecule has 0 amide bonds. The summed E-state index contributed by atoms with van der Waals surface area (Å²) in [5.74, 6) is 1.62. The Balaban J connectivity index is 0.00000364. The van der Waals surface area contributed by atoms with E-state index in [0.717, 1.165) is 17.3 Å². The molecule has 0 saturated carbocycles. The lowest BCUT2D eigenvalue weighted by atomic mass is 10.0. The van der Waals surface area contributed by atoms with E-state index in [1.807, 2.05) is 24.3 Å². The van der Waals surface area contributed by atoms with E-state index in [1.165, 1.54) is 11.1 Å². The summed E-state index contributed by atoms with van der Waals surface area (Å²) < 4.78 is 11.1. The number of benzene rings is 2. The molecule has 27 heavy (non-hydrogen) atoms. The lowest BCUT2D eigenvalue weighted by Crippen LogP contribution is -2.40. The van der Waals surface area contributed by atoms with Crippen LogP contribution in [0, 0.1) is 6.92 Å². The van der Waals surface area contributed by atoms with E-state index in [2.05, 4.69) is 53.7 Å². The van der Waals surface area contributed by atoms with Gasteiger partial charge in [-0.25, -0.2) is 0 Å². The number of methoxy groups -OCH3 is 1. The molecule has 0 saturated heterocycles. The van der Waals surface area contributed by atoms with Crippen LogP contribution in [-0.4, -0.2) is 33.3 Å². The molecule has 0 bridgehead atoms. The Labute approximate surface area is 179 Å². The molecule has 148 valence electrons. The van der Waals surface area contributed by atoms with Gasteiger partial charge in [0.05, 0.1) is 26.4 Å². The second kappa shape index (κ2) is 12.6. The summed E-state index contributed by atoms with van der Waals surface area (Å²) in [6.45, 7) is 6.03. The Bertz CT molecular complexity index is 722. The molecule has 0 aliphatic carbocycles. The van der Waals surface area contributed by atoms with Gasteiger partial charge in [-0.15, -0.1) is 24.0 Å². The molecule has 0 aromatic heterocycles. The van der Waals surface area contributed by atoms with E-state index in [1.54, 1.807) is 14.2 Å². The van der Waals surface area contributed by atoms with Gasteiger partial charge < -0.3 is 20.1 Å². The minimum absolute atomic E-state index is 0. The van der Waals surface area contributed by atoms with Gasteiger partial charge in [0.25, 0.3) is 0 Å². The Kier molecular flexibility index (Phi) is 10.8. The molecular weight excluding hydrogens is 453 g/mol. The lowest BCUT2D eigenvalue weighted by Gasteiger charge is -2.20. The summed E-state index contributed by atoms with van der Waals surface area (Å²) >= 11 is 0. The number of guanidine groups is 1. The van der Waals surface area contributed by atoms with Gasteiger partial charge in [0.2, 0.25) is 0 Å². The number of aliphatic imine (C=N–C) groups is 1. The van der Waals surface area contributed by atoms with Crippen LogP contribution in [0.5, 0.6) is 5.75 Å². The molecule has 1 unspecified atom stereocenters. The first kappa shape index (κ1) is 23.2. The summed E-state index contributed by atoms with van der Waals surface area (Å²) in [4.78, 5) is 4.29. The zero-order valence-corrected chi connectivity index (χ0v) is 18.8. The maximum Gasteiger partial charge on any atom is 0.191 e. The summed E-state index contributed by atoms with van der Waals surface area (Å²) in [6, 6.07) is 16.4. The monoisotopic (exact) mass is 483 g/mol. The Morgan fingerprint density at radius 2 is 1.81 bits per heavy atom. The number of halogens is 1. The highest BCUT2D eigenvalue weighted by molar-refractivity contribution is 14.0. The third-order valence-electron chi connectivity index (χ3n) is 4.22. The third-order valence-corrected chi connectivity index (χ3v) is 4.22. The quantitative estimate of drug-likeness (QED) is 0.257. The molecule has 2 rings (SSSR count). The number of hydrogen-bond acceptors (Lipinski definition) is 3. The van der Waals surface area contributed by atoms with Crippen molar-refractivity contribution >= 4 is 29.9 Å². The molecule has 0 aliphatic rings. The SMILES string of the molecule is CN=C(NCCOCc1ccccc1OC)NC(C)c1ccccc1C.I. The van der Waals surface area contributed by atoms with Crippen LogP contribution in [0.2, 0.25) is 0 Å². The predicted octanol–water partition coefficient (Wildman–Crippen LogP) is 4.06. The summed E-state index contributed by atoms with van der Waals surface area (Å²) in [5.41, 5.74) is 3.58. The predicted molar refractivity (Wildman–Crippen MR) is 122 cm³/mol. The summed E-state index contributed by atoms with van der Waals surface area (Å²) in [7, 11) is 3.45. The largest absolute Gasteiger partial charge is 0.496 e.